The lowest BCUT2D eigenvalue weighted by atomic mass is 9.99. The SMILES string of the molecule is CC(C)=CCc1cc(C=C2OC(=O)C(c3ccc(O)c(CC=C(C)C)c3)=C2O)ccc1O. The van der Waals surface area contributed by atoms with Gasteiger partial charge >= 0.3 is 5.97 Å². The van der Waals surface area contributed by atoms with Crippen molar-refractivity contribution < 1.29 is 24.9 Å². The van der Waals surface area contributed by atoms with Crippen molar-refractivity contribution in [3.8, 4) is 11.5 Å². The smallest absolute Gasteiger partial charge is 0.348 e. The van der Waals surface area contributed by atoms with Crippen LogP contribution in [0.5, 0.6) is 11.5 Å². The summed E-state index contributed by atoms with van der Waals surface area (Å²) in [6, 6.07) is 9.82. The van der Waals surface area contributed by atoms with Gasteiger partial charge in [-0.05, 0) is 93.1 Å². The van der Waals surface area contributed by atoms with Crippen LogP contribution < -0.4 is 0 Å². The maximum atomic E-state index is 12.5. The highest BCUT2D eigenvalue weighted by atomic mass is 16.6. The average molecular weight is 433 g/mol. The zero-order chi connectivity index (χ0) is 23.4. The summed E-state index contributed by atoms with van der Waals surface area (Å²) in [5.41, 5.74) is 4.85. The molecule has 0 bridgehead atoms. The molecule has 1 heterocycles. The molecule has 5 nitrogen and oxygen atoms in total. The number of phenols is 2. The molecule has 0 saturated heterocycles. The lowest BCUT2D eigenvalue weighted by molar-refractivity contribution is -0.131. The summed E-state index contributed by atoms with van der Waals surface area (Å²) in [6.07, 6.45) is 6.63. The minimum atomic E-state index is -0.656. The van der Waals surface area contributed by atoms with Crippen LogP contribution in [0.1, 0.15) is 49.9 Å². The molecule has 5 heteroatoms. The summed E-state index contributed by atoms with van der Waals surface area (Å²) in [4.78, 5) is 12.5. The normalized spacial score (nSPS) is 14.5. The molecule has 3 N–H and O–H groups in total. The van der Waals surface area contributed by atoms with Gasteiger partial charge in [-0.3, -0.25) is 0 Å². The topological polar surface area (TPSA) is 87.0 Å². The number of carbonyl (C=O) groups is 1. The van der Waals surface area contributed by atoms with Crippen molar-refractivity contribution in [1.29, 1.82) is 0 Å². The zero-order valence-electron chi connectivity index (χ0n) is 18.8. The molecular formula is C27H28O5. The molecule has 32 heavy (non-hydrogen) atoms. The van der Waals surface area contributed by atoms with Gasteiger partial charge in [0.25, 0.3) is 0 Å². The Labute approximate surface area is 188 Å². The summed E-state index contributed by atoms with van der Waals surface area (Å²) in [5, 5.41) is 31.0. The molecule has 2 aromatic carbocycles. The number of aliphatic hydroxyl groups excluding tert-OH is 1. The first-order chi connectivity index (χ1) is 15.2. The maximum absolute atomic E-state index is 12.5. The number of ether oxygens (including phenoxy) is 1. The third kappa shape index (κ3) is 5.30. The molecule has 0 radical (unpaired) electrons. The van der Waals surface area contributed by atoms with Gasteiger partial charge in [-0.2, -0.15) is 0 Å². The molecular weight excluding hydrogens is 404 g/mol. The van der Waals surface area contributed by atoms with Crippen LogP contribution in [0, 0.1) is 0 Å². The molecule has 3 rings (SSSR count). The number of allylic oxidation sites excluding steroid dienone is 4. The third-order valence-electron chi connectivity index (χ3n) is 5.11. The molecule has 166 valence electrons. The number of aromatic hydroxyl groups is 2. The van der Waals surface area contributed by atoms with E-state index < -0.39 is 5.97 Å². The van der Waals surface area contributed by atoms with Crippen molar-refractivity contribution in [3.63, 3.8) is 0 Å². The van der Waals surface area contributed by atoms with Crippen LogP contribution in [0.25, 0.3) is 11.6 Å². The Morgan fingerprint density at radius 2 is 1.41 bits per heavy atom. The van der Waals surface area contributed by atoms with Gasteiger partial charge in [0.2, 0.25) is 0 Å². The van der Waals surface area contributed by atoms with Crippen molar-refractivity contribution in [2.24, 2.45) is 0 Å². The molecule has 0 aliphatic carbocycles. The highest BCUT2D eigenvalue weighted by Gasteiger charge is 2.31. The van der Waals surface area contributed by atoms with E-state index in [1.807, 2.05) is 39.8 Å². The van der Waals surface area contributed by atoms with E-state index in [0.717, 1.165) is 16.7 Å². The van der Waals surface area contributed by atoms with Crippen LogP contribution >= 0.6 is 0 Å². The summed E-state index contributed by atoms with van der Waals surface area (Å²) in [5.74, 6) is -0.560. The fourth-order valence-corrected chi connectivity index (χ4v) is 3.31. The van der Waals surface area contributed by atoms with Crippen molar-refractivity contribution in [2.75, 3.05) is 0 Å². The van der Waals surface area contributed by atoms with Gasteiger partial charge in [-0.25, -0.2) is 4.79 Å². The summed E-state index contributed by atoms with van der Waals surface area (Å²) < 4.78 is 5.33. The van der Waals surface area contributed by atoms with E-state index in [4.69, 9.17) is 4.74 Å². The van der Waals surface area contributed by atoms with Gasteiger partial charge in [0.15, 0.2) is 11.5 Å². The van der Waals surface area contributed by atoms with Crippen LogP contribution in [0.4, 0.5) is 0 Å². The van der Waals surface area contributed by atoms with E-state index in [2.05, 4.69) is 0 Å². The average Bonchev–Trinajstić information content (AvgIpc) is 3.00. The number of hydrogen-bond donors (Lipinski definition) is 3. The van der Waals surface area contributed by atoms with Crippen LogP contribution in [0.15, 0.2) is 71.2 Å². The molecule has 0 aromatic heterocycles. The highest BCUT2D eigenvalue weighted by molar-refractivity contribution is 6.21. The van der Waals surface area contributed by atoms with E-state index in [1.165, 1.54) is 6.07 Å². The minimum absolute atomic E-state index is 0.0442. The summed E-state index contributed by atoms with van der Waals surface area (Å²) in [7, 11) is 0. The first-order valence-corrected chi connectivity index (χ1v) is 10.4. The molecule has 0 unspecified atom stereocenters. The number of phenolic OH excluding ortho intramolecular Hbond substituents is 2. The fourth-order valence-electron chi connectivity index (χ4n) is 3.31. The Morgan fingerprint density at radius 1 is 0.844 bits per heavy atom. The van der Waals surface area contributed by atoms with Crippen LogP contribution in [-0.4, -0.2) is 21.3 Å². The standard InChI is InChI=1S/C27H28O5/c1-16(2)5-8-19-13-18(7-11-22(19)28)14-24-26(30)25(27(31)32-24)21-10-12-23(29)20(15-21)9-6-17(3)4/h5-7,10-15,28-30H,8-9H2,1-4H3. The Hall–Kier alpha value is -3.73. The molecule has 1 aliphatic heterocycles. The predicted octanol–water partition coefficient (Wildman–Crippen LogP) is 5.98. The number of carbonyl (C=O) groups excluding carboxylic acids is 1. The first kappa shape index (κ1) is 22.9. The number of aliphatic hydroxyl groups is 1. The second kappa shape index (κ2) is 9.60. The number of rotatable bonds is 6. The maximum Gasteiger partial charge on any atom is 0.348 e. The van der Waals surface area contributed by atoms with E-state index in [9.17, 15) is 20.1 Å². The summed E-state index contributed by atoms with van der Waals surface area (Å²) >= 11 is 0. The molecule has 0 spiro atoms. The van der Waals surface area contributed by atoms with Gasteiger partial charge in [-0.1, -0.05) is 35.4 Å². The fraction of sp³-hybridized carbons (Fsp3) is 0.222. The van der Waals surface area contributed by atoms with Crippen LogP contribution in [0.3, 0.4) is 0 Å². The van der Waals surface area contributed by atoms with Crippen molar-refractivity contribution >= 4 is 17.6 Å². The number of cyclic esters (lactones) is 1. The van der Waals surface area contributed by atoms with E-state index >= 15 is 0 Å². The number of esters is 1. The lowest BCUT2D eigenvalue weighted by Crippen LogP contribution is -1.99. The van der Waals surface area contributed by atoms with Gasteiger partial charge in [0, 0.05) is 0 Å². The molecule has 0 atom stereocenters. The zero-order valence-corrected chi connectivity index (χ0v) is 18.8. The predicted molar refractivity (Wildman–Crippen MR) is 126 cm³/mol. The molecule has 1 aliphatic rings. The Bertz CT molecular complexity index is 1170. The second-order valence-corrected chi connectivity index (χ2v) is 8.32. The monoisotopic (exact) mass is 432 g/mol. The molecule has 0 saturated carbocycles. The molecule has 2 aromatic rings. The van der Waals surface area contributed by atoms with E-state index in [0.29, 0.717) is 29.5 Å². The number of hydrogen-bond acceptors (Lipinski definition) is 5. The van der Waals surface area contributed by atoms with Gasteiger partial charge in [0.05, 0.1) is 0 Å². The van der Waals surface area contributed by atoms with Crippen LogP contribution in [0.2, 0.25) is 0 Å². The van der Waals surface area contributed by atoms with E-state index in [-0.39, 0.29) is 28.6 Å². The lowest BCUT2D eigenvalue weighted by Gasteiger charge is -2.06. The Kier molecular flexibility index (Phi) is 6.89. The van der Waals surface area contributed by atoms with Gasteiger partial charge < -0.3 is 20.1 Å². The largest absolute Gasteiger partial charge is 0.508 e. The Balaban J connectivity index is 1.97. The quantitative estimate of drug-likeness (QED) is 0.386. The van der Waals surface area contributed by atoms with Crippen molar-refractivity contribution in [2.45, 2.75) is 40.5 Å². The third-order valence-corrected chi connectivity index (χ3v) is 5.11. The molecule has 0 fully saturated rings. The van der Waals surface area contributed by atoms with Gasteiger partial charge in [-0.15, -0.1) is 0 Å². The minimum Gasteiger partial charge on any atom is -0.508 e. The van der Waals surface area contributed by atoms with E-state index in [1.54, 1.807) is 36.4 Å². The molecule has 0 amide bonds. The summed E-state index contributed by atoms with van der Waals surface area (Å²) in [6.45, 7) is 7.91. The Morgan fingerprint density at radius 3 is 2.00 bits per heavy atom. The van der Waals surface area contributed by atoms with Crippen LogP contribution in [-0.2, 0) is 22.4 Å². The van der Waals surface area contributed by atoms with Crippen molar-refractivity contribution in [3.05, 3.63) is 93.5 Å². The van der Waals surface area contributed by atoms with Crippen molar-refractivity contribution in [1.82, 2.24) is 0 Å². The highest BCUT2D eigenvalue weighted by Crippen LogP contribution is 2.35. The van der Waals surface area contributed by atoms with Gasteiger partial charge in [0.1, 0.15) is 17.1 Å². The number of benzene rings is 2. The second-order valence-electron chi connectivity index (χ2n) is 8.32. The first-order valence-electron chi connectivity index (χ1n) is 10.4.